The Morgan fingerprint density at radius 1 is 1.19 bits per heavy atom. The molecular weight excluding hydrogens is 382 g/mol. The van der Waals surface area contributed by atoms with Crippen molar-refractivity contribution in [2.75, 3.05) is 19.6 Å². The zero-order valence-electron chi connectivity index (χ0n) is 15.1. The van der Waals surface area contributed by atoms with Crippen molar-refractivity contribution in [1.82, 2.24) is 15.5 Å². The molecule has 1 aromatic heterocycles. The Morgan fingerprint density at radius 2 is 2.00 bits per heavy atom. The van der Waals surface area contributed by atoms with Gasteiger partial charge in [0, 0.05) is 29.5 Å². The predicted molar refractivity (Wildman–Crippen MR) is 109 cm³/mol. The summed E-state index contributed by atoms with van der Waals surface area (Å²) in [6.07, 6.45) is 2.43. The summed E-state index contributed by atoms with van der Waals surface area (Å²) < 4.78 is 0. The molecule has 0 saturated carbocycles. The van der Waals surface area contributed by atoms with Crippen molar-refractivity contribution in [3.63, 3.8) is 0 Å². The van der Waals surface area contributed by atoms with Gasteiger partial charge in [0.2, 0.25) is 5.91 Å². The number of nitrogens with one attached hydrogen (secondary N) is 2. The van der Waals surface area contributed by atoms with Gasteiger partial charge < -0.3 is 15.5 Å². The lowest BCUT2D eigenvalue weighted by Crippen LogP contribution is -2.48. The van der Waals surface area contributed by atoms with Crippen LogP contribution >= 0.6 is 22.9 Å². The Hall–Kier alpha value is -2.05. The number of hydrogen-bond donors (Lipinski definition) is 2. The Kier molecular flexibility index (Phi) is 7.12. The van der Waals surface area contributed by atoms with E-state index in [4.69, 9.17) is 11.6 Å². The van der Waals surface area contributed by atoms with Crippen LogP contribution in [0.5, 0.6) is 0 Å². The fourth-order valence-corrected chi connectivity index (χ4v) is 3.96. The molecule has 0 aliphatic carbocycles. The molecule has 1 aliphatic rings. The number of likely N-dealkylation sites (tertiary alicyclic amines) is 1. The number of piperidine rings is 1. The molecule has 1 atom stereocenters. The molecule has 1 saturated heterocycles. The zero-order valence-corrected chi connectivity index (χ0v) is 16.7. The van der Waals surface area contributed by atoms with E-state index < -0.39 is 0 Å². The Labute approximate surface area is 168 Å². The van der Waals surface area contributed by atoms with Crippen LogP contribution in [0.2, 0.25) is 5.02 Å². The van der Waals surface area contributed by atoms with Gasteiger partial charge in [-0.3, -0.25) is 4.79 Å². The summed E-state index contributed by atoms with van der Waals surface area (Å²) in [5, 5.41) is 8.64. The summed E-state index contributed by atoms with van der Waals surface area (Å²) in [5.41, 5.74) is 1.14. The van der Waals surface area contributed by atoms with Crippen molar-refractivity contribution in [3.05, 3.63) is 57.2 Å². The molecular formula is C20H24ClN3O2S. The van der Waals surface area contributed by atoms with E-state index in [1.165, 1.54) is 0 Å². The molecule has 0 spiro atoms. The molecule has 3 amide bonds. The average molecular weight is 406 g/mol. The molecule has 2 heterocycles. The molecule has 2 aromatic rings. The highest BCUT2D eigenvalue weighted by Gasteiger charge is 2.28. The van der Waals surface area contributed by atoms with Gasteiger partial charge in [-0.25, -0.2) is 4.79 Å². The van der Waals surface area contributed by atoms with Gasteiger partial charge in [-0.05, 0) is 48.4 Å². The number of carbonyl (C=O) groups is 2. The largest absolute Gasteiger partial charge is 0.355 e. The smallest absolute Gasteiger partial charge is 0.317 e. The standard InChI is InChI=1S/C20H24ClN3O2S/c21-17-7-5-15(6-8-17)9-10-22-19(25)16-3-1-11-24(14-16)20(26)23-13-18-4-2-12-27-18/h2,4-8,12,16H,1,3,9-11,13-14H2,(H,22,25)(H,23,26). The first kappa shape index (κ1) is 19.7. The number of benzene rings is 1. The Bertz CT molecular complexity index is 749. The molecule has 1 unspecified atom stereocenters. The summed E-state index contributed by atoms with van der Waals surface area (Å²) in [7, 11) is 0. The third-order valence-electron chi connectivity index (χ3n) is 4.70. The number of carbonyl (C=O) groups excluding carboxylic acids is 2. The second-order valence-corrected chi connectivity index (χ2v) is 8.16. The van der Waals surface area contributed by atoms with Crippen molar-refractivity contribution in [2.45, 2.75) is 25.8 Å². The normalized spacial score (nSPS) is 16.8. The van der Waals surface area contributed by atoms with E-state index in [2.05, 4.69) is 10.6 Å². The van der Waals surface area contributed by atoms with Crippen LogP contribution < -0.4 is 10.6 Å². The van der Waals surface area contributed by atoms with E-state index in [0.29, 0.717) is 31.2 Å². The van der Waals surface area contributed by atoms with Gasteiger partial charge in [0.05, 0.1) is 12.5 Å². The first-order valence-corrected chi connectivity index (χ1v) is 10.4. The number of hydrogen-bond acceptors (Lipinski definition) is 3. The topological polar surface area (TPSA) is 61.4 Å². The number of rotatable bonds is 6. The number of halogens is 1. The monoisotopic (exact) mass is 405 g/mol. The van der Waals surface area contributed by atoms with E-state index in [9.17, 15) is 9.59 Å². The minimum Gasteiger partial charge on any atom is -0.355 e. The van der Waals surface area contributed by atoms with E-state index in [1.807, 2.05) is 41.8 Å². The number of nitrogens with zero attached hydrogens (tertiary/aromatic N) is 1. The van der Waals surface area contributed by atoms with Gasteiger partial charge in [0.1, 0.15) is 0 Å². The summed E-state index contributed by atoms with van der Waals surface area (Å²) in [4.78, 5) is 27.7. The fraction of sp³-hybridized carbons (Fsp3) is 0.400. The molecule has 144 valence electrons. The Morgan fingerprint density at radius 3 is 2.74 bits per heavy atom. The fourth-order valence-electron chi connectivity index (χ4n) is 3.19. The van der Waals surface area contributed by atoms with E-state index in [-0.39, 0.29) is 17.9 Å². The highest BCUT2D eigenvalue weighted by atomic mass is 35.5. The molecule has 3 rings (SSSR count). The number of urea groups is 1. The third-order valence-corrected chi connectivity index (χ3v) is 5.83. The molecule has 0 radical (unpaired) electrons. The maximum absolute atomic E-state index is 12.5. The summed E-state index contributed by atoms with van der Waals surface area (Å²) in [5.74, 6) is -0.115. The number of thiophene rings is 1. The molecule has 0 bridgehead atoms. The van der Waals surface area contributed by atoms with Crippen LogP contribution in [0.25, 0.3) is 0 Å². The van der Waals surface area contributed by atoms with Crippen LogP contribution in [0.3, 0.4) is 0 Å². The second-order valence-electron chi connectivity index (χ2n) is 6.69. The van der Waals surface area contributed by atoms with Crippen LogP contribution in [0, 0.1) is 5.92 Å². The SMILES string of the molecule is O=C(NCCc1ccc(Cl)cc1)C1CCCN(C(=O)NCc2cccs2)C1. The molecule has 2 N–H and O–H groups in total. The maximum atomic E-state index is 12.5. The van der Waals surface area contributed by atoms with Crippen molar-refractivity contribution in [1.29, 1.82) is 0 Å². The van der Waals surface area contributed by atoms with E-state index >= 15 is 0 Å². The maximum Gasteiger partial charge on any atom is 0.317 e. The minimum atomic E-state index is -0.142. The van der Waals surface area contributed by atoms with Gasteiger partial charge in [-0.15, -0.1) is 11.3 Å². The first-order valence-electron chi connectivity index (χ1n) is 9.19. The van der Waals surface area contributed by atoms with E-state index in [1.54, 1.807) is 16.2 Å². The van der Waals surface area contributed by atoms with Crippen LogP contribution in [0.4, 0.5) is 4.79 Å². The van der Waals surface area contributed by atoms with Crippen molar-refractivity contribution >= 4 is 34.9 Å². The van der Waals surface area contributed by atoms with E-state index in [0.717, 1.165) is 29.7 Å². The van der Waals surface area contributed by atoms with Crippen LogP contribution in [0.15, 0.2) is 41.8 Å². The molecule has 1 fully saturated rings. The molecule has 27 heavy (non-hydrogen) atoms. The highest BCUT2D eigenvalue weighted by molar-refractivity contribution is 7.09. The van der Waals surface area contributed by atoms with Crippen molar-refractivity contribution in [3.8, 4) is 0 Å². The van der Waals surface area contributed by atoms with Gasteiger partial charge >= 0.3 is 6.03 Å². The third kappa shape index (κ3) is 5.97. The van der Waals surface area contributed by atoms with Crippen molar-refractivity contribution in [2.24, 2.45) is 5.92 Å². The van der Waals surface area contributed by atoms with Gasteiger partial charge in [0.25, 0.3) is 0 Å². The average Bonchev–Trinajstić information content (AvgIpc) is 3.21. The Balaban J connectivity index is 1.41. The molecule has 1 aromatic carbocycles. The minimum absolute atomic E-state index is 0.0275. The molecule has 5 nitrogen and oxygen atoms in total. The van der Waals surface area contributed by atoms with Crippen LogP contribution in [-0.4, -0.2) is 36.5 Å². The van der Waals surface area contributed by atoms with Crippen molar-refractivity contribution < 1.29 is 9.59 Å². The predicted octanol–water partition coefficient (Wildman–Crippen LogP) is 3.68. The zero-order chi connectivity index (χ0) is 19.1. The second kappa shape index (κ2) is 9.76. The van der Waals surface area contributed by atoms with Gasteiger partial charge in [-0.1, -0.05) is 29.8 Å². The number of amides is 3. The quantitative estimate of drug-likeness (QED) is 0.770. The molecule has 1 aliphatic heterocycles. The summed E-state index contributed by atoms with van der Waals surface area (Å²) in [6, 6.07) is 11.5. The summed E-state index contributed by atoms with van der Waals surface area (Å²) in [6.45, 7) is 2.29. The van der Waals surface area contributed by atoms with Crippen LogP contribution in [0.1, 0.15) is 23.3 Å². The molecule has 7 heteroatoms. The summed E-state index contributed by atoms with van der Waals surface area (Å²) >= 11 is 7.50. The lowest BCUT2D eigenvalue weighted by molar-refractivity contribution is -0.126. The highest BCUT2D eigenvalue weighted by Crippen LogP contribution is 2.17. The lowest BCUT2D eigenvalue weighted by Gasteiger charge is -2.32. The van der Waals surface area contributed by atoms with Gasteiger partial charge in [-0.2, -0.15) is 0 Å². The van der Waals surface area contributed by atoms with Gasteiger partial charge in [0.15, 0.2) is 0 Å². The first-order chi connectivity index (χ1) is 13.1. The lowest BCUT2D eigenvalue weighted by atomic mass is 9.97. The van der Waals surface area contributed by atoms with Crippen LogP contribution in [-0.2, 0) is 17.8 Å².